The Morgan fingerprint density at radius 2 is 2.18 bits per heavy atom. The first-order valence-electron chi connectivity index (χ1n) is 2.87. The third kappa shape index (κ3) is 2.01. The number of rotatable bonds is 1. The second-order valence-corrected chi connectivity index (χ2v) is 4.16. The summed E-state index contributed by atoms with van der Waals surface area (Å²) in [5.74, 6) is -0.659. The summed E-state index contributed by atoms with van der Waals surface area (Å²) in [4.78, 5) is -0.0197. The van der Waals surface area contributed by atoms with Gasteiger partial charge in [0.25, 0.3) is 0 Å². The first-order chi connectivity index (χ1) is 5.00. The first kappa shape index (κ1) is 8.20. The van der Waals surface area contributed by atoms with Crippen molar-refractivity contribution in [1.82, 2.24) is 0 Å². The highest BCUT2D eigenvalue weighted by Gasteiger charge is 2.06. The van der Waals surface area contributed by atoms with Crippen LogP contribution in [0.3, 0.4) is 0 Å². The van der Waals surface area contributed by atoms with Crippen LogP contribution in [0, 0.1) is 11.9 Å². The summed E-state index contributed by atoms with van der Waals surface area (Å²) in [5.41, 5.74) is 0. The van der Waals surface area contributed by atoms with Gasteiger partial charge < -0.3 is 0 Å². The molecule has 4 heteroatoms. The van der Waals surface area contributed by atoms with Crippen LogP contribution in [0.15, 0.2) is 23.1 Å². The maximum atomic E-state index is 12.4. The van der Waals surface area contributed by atoms with Gasteiger partial charge in [-0.2, -0.15) is 0 Å². The van der Waals surface area contributed by atoms with Crippen LogP contribution < -0.4 is 0 Å². The van der Waals surface area contributed by atoms with Crippen LogP contribution in [-0.4, -0.2) is 14.7 Å². The molecule has 1 aromatic rings. The van der Waals surface area contributed by atoms with Gasteiger partial charge >= 0.3 is 0 Å². The van der Waals surface area contributed by atoms with Crippen LogP contribution in [0.25, 0.3) is 0 Å². The summed E-state index contributed by atoms with van der Waals surface area (Å²) in [7, 11) is -3.29. The van der Waals surface area contributed by atoms with Crippen molar-refractivity contribution in [3.8, 4) is 0 Å². The largest absolute Gasteiger partial charge is 0.224 e. The minimum atomic E-state index is -3.29. The Morgan fingerprint density at radius 3 is 2.55 bits per heavy atom. The number of halogens is 1. The van der Waals surface area contributed by atoms with Gasteiger partial charge in [-0.25, -0.2) is 12.8 Å². The summed E-state index contributed by atoms with van der Waals surface area (Å²) in [6.45, 7) is 0. The predicted octanol–water partition coefficient (Wildman–Crippen LogP) is 1.03. The van der Waals surface area contributed by atoms with E-state index in [-0.39, 0.29) is 4.90 Å². The fourth-order valence-electron chi connectivity index (χ4n) is 0.649. The molecule has 0 amide bonds. The zero-order valence-electron chi connectivity index (χ0n) is 5.83. The summed E-state index contributed by atoms with van der Waals surface area (Å²) in [6.07, 6.45) is 1.03. The molecule has 0 aliphatic rings. The fraction of sp³-hybridized carbons (Fsp3) is 0.143. The van der Waals surface area contributed by atoms with Crippen molar-refractivity contribution >= 4 is 9.84 Å². The average Bonchev–Trinajstić information content (AvgIpc) is 1.86. The molecule has 0 fully saturated rings. The third-order valence-corrected chi connectivity index (χ3v) is 2.28. The van der Waals surface area contributed by atoms with Gasteiger partial charge in [0, 0.05) is 12.3 Å². The maximum absolute atomic E-state index is 12.4. The molecule has 0 saturated carbocycles. The Kier molecular flexibility index (Phi) is 1.95. The van der Waals surface area contributed by atoms with E-state index in [1.807, 2.05) is 0 Å². The molecule has 1 aromatic carbocycles. The third-order valence-electron chi connectivity index (χ3n) is 1.17. The van der Waals surface area contributed by atoms with E-state index < -0.39 is 15.7 Å². The molecule has 59 valence electrons. The molecule has 0 unspecified atom stereocenters. The lowest BCUT2D eigenvalue weighted by Gasteiger charge is -1.95. The Bertz CT molecular complexity index is 356. The molecule has 11 heavy (non-hydrogen) atoms. The molecule has 0 aliphatic heterocycles. The normalized spacial score (nSPS) is 11.5. The van der Waals surface area contributed by atoms with E-state index >= 15 is 0 Å². The van der Waals surface area contributed by atoms with Crippen molar-refractivity contribution in [2.24, 2.45) is 0 Å². The molecule has 1 rings (SSSR count). The Hall–Kier alpha value is -0.900. The monoisotopic (exact) mass is 173 g/mol. The van der Waals surface area contributed by atoms with E-state index in [4.69, 9.17) is 0 Å². The molecule has 0 spiro atoms. The van der Waals surface area contributed by atoms with Crippen LogP contribution >= 0.6 is 0 Å². The lowest BCUT2D eigenvalue weighted by Crippen LogP contribution is -1.96. The van der Waals surface area contributed by atoms with E-state index in [9.17, 15) is 12.8 Å². The molecule has 0 bridgehead atoms. The average molecular weight is 173 g/mol. The van der Waals surface area contributed by atoms with Crippen molar-refractivity contribution in [2.75, 3.05) is 6.26 Å². The highest BCUT2D eigenvalue weighted by Crippen LogP contribution is 2.08. The second kappa shape index (κ2) is 2.62. The summed E-state index contributed by atoms with van der Waals surface area (Å²) in [5, 5.41) is 0. The lowest BCUT2D eigenvalue weighted by atomic mass is 10.4. The predicted molar refractivity (Wildman–Crippen MR) is 38.3 cm³/mol. The van der Waals surface area contributed by atoms with E-state index in [1.54, 1.807) is 0 Å². The zero-order valence-corrected chi connectivity index (χ0v) is 6.65. The van der Waals surface area contributed by atoms with Gasteiger partial charge in [-0.1, -0.05) is 6.07 Å². The number of hydrogen-bond donors (Lipinski definition) is 0. The summed E-state index contributed by atoms with van der Waals surface area (Å²) in [6, 6.07) is 5.70. The minimum absolute atomic E-state index is 0.0197. The van der Waals surface area contributed by atoms with E-state index in [0.29, 0.717) is 0 Å². The van der Waals surface area contributed by atoms with Crippen molar-refractivity contribution in [2.45, 2.75) is 4.90 Å². The lowest BCUT2D eigenvalue weighted by molar-refractivity contribution is 0.595. The second-order valence-electron chi connectivity index (χ2n) is 2.14. The minimum Gasteiger partial charge on any atom is -0.224 e. The SMILES string of the molecule is CS(=O)(=O)c1cc[c]c(F)c1. The highest BCUT2D eigenvalue weighted by atomic mass is 32.2. The van der Waals surface area contributed by atoms with Crippen LogP contribution in [0.2, 0.25) is 0 Å². The Balaban J connectivity index is 3.28. The maximum Gasteiger partial charge on any atom is 0.175 e. The Labute approximate surface area is 64.6 Å². The van der Waals surface area contributed by atoms with E-state index in [1.165, 1.54) is 12.1 Å². The van der Waals surface area contributed by atoms with Gasteiger partial charge in [-0.05, 0) is 12.1 Å². The van der Waals surface area contributed by atoms with E-state index in [0.717, 1.165) is 12.3 Å². The number of hydrogen-bond acceptors (Lipinski definition) is 2. The van der Waals surface area contributed by atoms with Crippen molar-refractivity contribution in [1.29, 1.82) is 0 Å². The topological polar surface area (TPSA) is 34.1 Å². The molecule has 0 heterocycles. The van der Waals surface area contributed by atoms with Gasteiger partial charge in [-0.3, -0.25) is 0 Å². The standard InChI is InChI=1S/C7H6FO2S/c1-11(9,10)7-4-2-3-6(8)5-7/h2,4-5H,1H3. The van der Waals surface area contributed by atoms with Crippen molar-refractivity contribution in [3.63, 3.8) is 0 Å². The highest BCUT2D eigenvalue weighted by molar-refractivity contribution is 7.90. The molecule has 0 aromatic heterocycles. The Morgan fingerprint density at radius 1 is 1.55 bits per heavy atom. The molecule has 0 N–H and O–H groups in total. The van der Waals surface area contributed by atoms with Crippen LogP contribution in [0.1, 0.15) is 0 Å². The van der Waals surface area contributed by atoms with Gasteiger partial charge in [0.15, 0.2) is 9.84 Å². The smallest absolute Gasteiger partial charge is 0.175 e. The molecule has 0 aliphatic carbocycles. The van der Waals surface area contributed by atoms with Crippen molar-refractivity contribution < 1.29 is 12.8 Å². The quantitative estimate of drug-likeness (QED) is 0.635. The van der Waals surface area contributed by atoms with Crippen LogP contribution in [0.5, 0.6) is 0 Å². The van der Waals surface area contributed by atoms with E-state index in [2.05, 4.69) is 6.07 Å². The molecule has 1 radical (unpaired) electrons. The van der Waals surface area contributed by atoms with Gasteiger partial charge in [-0.15, -0.1) is 0 Å². The molecular weight excluding hydrogens is 167 g/mol. The van der Waals surface area contributed by atoms with Crippen LogP contribution in [0.4, 0.5) is 4.39 Å². The van der Waals surface area contributed by atoms with Gasteiger partial charge in [0.2, 0.25) is 0 Å². The molecule has 0 atom stereocenters. The molecule has 2 nitrogen and oxygen atoms in total. The fourth-order valence-corrected chi connectivity index (χ4v) is 1.28. The van der Waals surface area contributed by atoms with Crippen LogP contribution in [-0.2, 0) is 9.84 Å². The molecular formula is C7H6FO2S. The number of benzene rings is 1. The molecule has 0 saturated heterocycles. The first-order valence-corrected chi connectivity index (χ1v) is 4.76. The van der Waals surface area contributed by atoms with Gasteiger partial charge in [0.1, 0.15) is 5.82 Å². The summed E-state index contributed by atoms with van der Waals surface area (Å²) >= 11 is 0. The number of sulfone groups is 1. The van der Waals surface area contributed by atoms with Crippen molar-refractivity contribution in [3.05, 3.63) is 30.1 Å². The zero-order chi connectivity index (χ0) is 8.48. The summed E-state index contributed by atoms with van der Waals surface area (Å²) < 4.78 is 34.0. The van der Waals surface area contributed by atoms with Gasteiger partial charge in [0.05, 0.1) is 4.90 Å².